The van der Waals surface area contributed by atoms with Crippen molar-refractivity contribution in [2.45, 2.75) is 72.4 Å². The van der Waals surface area contributed by atoms with E-state index in [-0.39, 0.29) is 1.43 Å². The second-order valence-corrected chi connectivity index (χ2v) is 8.97. The number of pyridine rings is 1. The van der Waals surface area contributed by atoms with Gasteiger partial charge in [0.15, 0.2) is 12.4 Å². The van der Waals surface area contributed by atoms with E-state index in [0.717, 1.165) is 19.0 Å². The number of carboxylic acid groups (broad SMARTS) is 2. The van der Waals surface area contributed by atoms with Crippen LogP contribution in [0.4, 0.5) is 4.79 Å². The third-order valence-corrected chi connectivity index (χ3v) is 7.09. The normalized spacial score (nSPS) is 11.0. The summed E-state index contributed by atoms with van der Waals surface area (Å²) in [7, 11) is -2.53. The maximum Gasteiger partial charge on any atom is 1.00 e. The first-order valence-corrected chi connectivity index (χ1v) is 12.1. The quantitative estimate of drug-likeness (QED) is 0.261. The molecule has 162 valence electrons. The third kappa shape index (κ3) is 12.8. The first kappa shape index (κ1) is 26.5. The number of carbonyl (C=O) groups excluding carboxylic acids is 1. The highest BCUT2D eigenvalue weighted by Crippen LogP contribution is 2.19. The number of carbonyl (C=O) groups is 1. The molecular formula is C20H37NO6Si. The molecule has 0 radical (unpaired) electrons. The summed E-state index contributed by atoms with van der Waals surface area (Å²) in [6.45, 7) is 11.3. The van der Waals surface area contributed by atoms with Gasteiger partial charge in [0.05, 0.1) is 0 Å². The maximum atomic E-state index is 8.33. The Hall–Kier alpha value is -1.48. The number of aromatic nitrogens is 1. The lowest BCUT2D eigenvalue weighted by atomic mass is 10.2. The fourth-order valence-corrected chi connectivity index (χ4v) is 5.42. The number of hydrogen-bond donors (Lipinski definition) is 0. The van der Waals surface area contributed by atoms with E-state index < -0.39 is 15.0 Å². The second-order valence-electron chi connectivity index (χ2n) is 6.24. The van der Waals surface area contributed by atoms with Gasteiger partial charge in [-0.3, -0.25) is 0 Å². The molecule has 0 saturated heterocycles. The lowest BCUT2D eigenvalue weighted by molar-refractivity contribution is -0.697. The first-order chi connectivity index (χ1) is 13.4. The first-order valence-electron chi connectivity index (χ1n) is 10.2. The van der Waals surface area contributed by atoms with Crippen LogP contribution < -0.4 is 14.8 Å². The van der Waals surface area contributed by atoms with Crippen molar-refractivity contribution in [3.63, 3.8) is 0 Å². The zero-order chi connectivity index (χ0) is 21.3. The zero-order valence-electron chi connectivity index (χ0n) is 18.8. The molecule has 0 unspecified atom stereocenters. The Kier molecular flexibility index (Phi) is 15.6. The minimum Gasteiger partial charge on any atom is -0.652 e. The van der Waals surface area contributed by atoms with Crippen molar-refractivity contribution in [2.75, 3.05) is 19.8 Å². The van der Waals surface area contributed by atoms with E-state index >= 15 is 0 Å². The Morgan fingerprint density at radius 1 is 0.964 bits per heavy atom. The van der Waals surface area contributed by atoms with Crippen LogP contribution in [0.3, 0.4) is 0 Å². The number of aryl methyl sites for hydroxylation is 2. The molecule has 1 aromatic rings. The number of hydrogen-bond acceptors (Lipinski definition) is 6. The molecule has 0 fully saturated rings. The molecule has 1 heterocycles. The van der Waals surface area contributed by atoms with Gasteiger partial charge in [0.2, 0.25) is 0 Å². The zero-order valence-corrected chi connectivity index (χ0v) is 18.8. The average molecular weight is 416 g/mol. The molecule has 0 aromatic carbocycles. The van der Waals surface area contributed by atoms with Crippen molar-refractivity contribution in [3.05, 3.63) is 30.1 Å². The van der Waals surface area contributed by atoms with E-state index in [9.17, 15) is 0 Å². The van der Waals surface area contributed by atoms with E-state index in [2.05, 4.69) is 36.0 Å². The van der Waals surface area contributed by atoms with Crippen LogP contribution in [0.2, 0.25) is 6.04 Å². The monoisotopic (exact) mass is 415 g/mol. The van der Waals surface area contributed by atoms with Crippen LogP contribution in [0.15, 0.2) is 24.5 Å². The van der Waals surface area contributed by atoms with E-state index in [4.69, 9.17) is 28.3 Å². The molecule has 0 saturated carbocycles. The maximum absolute atomic E-state index is 8.33. The summed E-state index contributed by atoms with van der Waals surface area (Å²) in [5.74, 6) is 0. The highest BCUT2D eigenvalue weighted by Gasteiger charge is 2.39. The molecule has 8 heteroatoms. The molecule has 0 bridgehead atoms. The Morgan fingerprint density at radius 2 is 1.46 bits per heavy atom. The molecule has 0 N–H and O–H groups in total. The summed E-state index contributed by atoms with van der Waals surface area (Å²) in [6, 6.07) is 5.26. The third-order valence-electron chi connectivity index (χ3n) is 4.04. The predicted molar refractivity (Wildman–Crippen MR) is 106 cm³/mol. The van der Waals surface area contributed by atoms with Crippen molar-refractivity contribution < 1.29 is 34.3 Å². The number of nitrogens with zero attached hydrogens (tertiary/aromatic N) is 1. The van der Waals surface area contributed by atoms with Crippen LogP contribution >= 0.6 is 0 Å². The van der Waals surface area contributed by atoms with Crippen LogP contribution in [0, 0.1) is 0 Å². The van der Waals surface area contributed by atoms with Gasteiger partial charge in [-0.05, 0) is 45.3 Å². The van der Waals surface area contributed by atoms with Gasteiger partial charge in [0, 0.05) is 44.4 Å². The molecule has 7 nitrogen and oxygen atoms in total. The van der Waals surface area contributed by atoms with E-state index in [0.29, 0.717) is 19.8 Å². The minimum atomic E-state index is -2.53. The summed E-state index contributed by atoms with van der Waals surface area (Å²) < 4.78 is 20.0. The van der Waals surface area contributed by atoms with Gasteiger partial charge in [-0.25, -0.2) is 4.57 Å². The molecule has 1 rings (SSSR count). The Bertz CT molecular complexity index is 497. The molecule has 0 atom stereocenters. The molecule has 0 aliphatic heterocycles. The summed E-state index contributed by atoms with van der Waals surface area (Å²) >= 11 is 0. The minimum absolute atomic E-state index is 0. The standard InChI is InChI=1S/C19H36NO3Si.CH2O3/c1-5-9-10-11-15-20-16-12-19(13-17-20)14-18-24(21-6-2,22-7-3)23-8-4;2-1(3)4/h12-13,16-17H,5-11,14-15,18H2,1-4H3;(H2,2,3,4)/q+1;/p-1. The fourth-order valence-electron chi connectivity index (χ4n) is 2.82. The molecule has 0 aliphatic carbocycles. The highest BCUT2D eigenvalue weighted by atomic mass is 28.4. The number of rotatable bonds is 14. The van der Waals surface area contributed by atoms with Crippen molar-refractivity contribution in [2.24, 2.45) is 0 Å². The molecule has 0 aliphatic rings. The smallest absolute Gasteiger partial charge is 0.652 e. The van der Waals surface area contributed by atoms with Crippen molar-refractivity contribution >= 4 is 15.0 Å². The van der Waals surface area contributed by atoms with Crippen molar-refractivity contribution in [1.29, 1.82) is 0 Å². The summed E-state index contributed by atoms with van der Waals surface area (Å²) in [5, 5.41) is 16.7. The molecule has 1 aromatic heterocycles. The van der Waals surface area contributed by atoms with Crippen LogP contribution in [-0.4, -0.2) is 34.8 Å². The molecule has 28 heavy (non-hydrogen) atoms. The SMILES string of the molecule is CCCCCC[n+]1ccc(CC[Si](OCC)(OCC)OCC)cc1.O=C([O-])[O-].[H+]. The van der Waals surface area contributed by atoms with Gasteiger partial charge < -0.3 is 28.3 Å². The van der Waals surface area contributed by atoms with Crippen LogP contribution in [0.25, 0.3) is 0 Å². The lowest BCUT2D eigenvalue weighted by Gasteiger charge is -2.28. The lowest BCUT2D eigenvalue weighted by Crippen LogP contribution is -2.46. The van der Waals surface area contributed by atoms with Crippen molar-refractivity contribution in [1.82, 2.24) is 0 Å². The summed E-state index contributed by atoms with van der Waals surface area (Å²) in [6.07, 6.45) is 8.16. The molecular weight excluding hydrogens is 378 g/mol. The van der Waals surface area contributed by atoms with Crippen LogP contribution in [-0.2, 0) is 26.2 Å². The largest absolute Gasteiger partial charge is 1.00 e. The van der Waals surface area contributed by atoms with Gasteiger partial charge in [-0.2, -0.15) is 0 Å². The van der Waals surface area contributed by atoms with E-state index in [1.165, 1.54) is 31.2 Å². The Balaban J connectivity index is 0. The van der Waals surface area contributed by atoms with E-state index in [1.807, 2.05) is 20.8 Å². The van der Waals surface area contributed by atoms with Gasteiger partial charge in [-0.15, -0.1) is 0 Å². The average Bonchev–Trinajstić information content (AvgIpc) is 2.65. The van der Waals surface area contributed by atoms with Gasteiger partial charge >= 0.3 is 10.2 Å². The van der Waals surface area contributed by atoms with Crippen LogP contribution in [0.5, 0.6) is 0 Å². The van der Waals surface area contributed by atoms with Gasteiger partial charge in [-0.1, -0.05) is 19.8 Å². The topological polar surface area (TPSA) is 94.8 Å². The Morgan fingerprint density at radius 3 is 1.89 bits per heavy atom. The van der Waals surface area contributed by atoms with Gasteiger partial charge in [0.25, 0.3) is 0 Å². The summed E-state index contributed by atoms with van der Waals surface area (Å²) in [5.41, 5.74) is 1.32. The van der Waals surface area contributed by atoms with E-state index in [1.54, 1.807) is 0 Å². The second kappa shape index (κ2) is 16.5. The van der Waals surface area contributed by atoms with Gasteiger partial charge in [0.1, 0.15) is 6.54 Å². The fraction of sp³-hybridized carbons (Fsp3) is 0.700. The Labute approximate surface area is 172 Å². The van der Waals surface area contributed by atoms with Crippen molar-refractivity contribution in [3.8, 4) is 0 Å². The summed E-state index contributed by atoms with van der Waals surface area (Å²) in [4.78, 5) is 8.33. The predicted octanol–water partition coefficient (Wildman–Crippen LogP) is 1.81. The van der Waals surface area contributed by atoms with Crippen LogP contribution in [0.1, 0.15) is 60.4 Å². The highest BCUT2D eigenvalue weighted by molar-refractivity contribution is 6.60. The molecule has 0 spiro atoms. The number of unbranched alkanes of at least 4 members (excludes halogenated alkanes) is 3. The molecule has 0 amide bonds.